The molecule has 0 saturated heterocycles. The van der Waals surface area contributed by atoms with E-state index in [0.29, 0.717) is 12.0 Å². The smallest absolute Gasteiger partial charge is 0.166 e. The number of fused-ring (bicyclic) bond motifs is 1. The normalized spacial score (nSPS) is 23.1. The Morgan fingerprint density at radius 3 is 2.82 bits per heavy atom. The predicted molar refractivity (Wildman–Crippen MR) is 67.9 cm³/mol. The molecular weight excluding hydrogens is 212 g/mol. The van der Waals surface area contributed by atoms with Gasteiger partial charge < -0.3 is 5.11 Å². The number of rotatable bonds is 2. The van der Waals surface area contributed by atoms with Crippen molar-refractivity contribution in [1.29, 1.82) is 0 Å². The van der Waals surface area contributed by atoms with Gasteiger partial charge in [0.1, 0.15) is 0 Å². The number of hydrogen-bond donors (Lipinski definition) is 1. The fraction of sp³-hybridized carbons (Fsp3) is 0.400. The van der Waals surface area contributed by atoms with E-state index in [1.165, 1.54) is 5.57 Å². The van der Waals surface area contributed by atoms with E-state index in [1.807, 2.05) is 38.1 Å². The monoisotopic (exact) mass is 230 g/mol. The zero-order chi connectivity index (χ0) is 12.4. The minimum atomic E-state index is -0.500. The minimum absolute atomic E-state index is 0.0743. The molecule has 0 spiro atoms. The topological polar surface area (TPSA) is 37.3 Å². The molecule has 0 aliphatic heterocycles. The van der Waals surface area contributed by atoms with E-state index in [4.69, 9.17) is 0 Å². The number of aliphatic hydroxyl groups is 1. The lowest BCUT2D eigenvalue weighted by Gasteiger charge is -2.26. The Balaban J connectivity index is 2.27. The van der Waals surface area contributed by atoms with Crippen LogP contribution in [0.15, 0.2) is 35.9 Å². The molecule has 17 heavy (non-hydrogen) atoms. The lowest BCUT2D eigenvalue weighted by molar-refractivity contribution is 0.0777. The fourth-order valence-electron chi connectivity index (χ4n) is 2.32. The van der Waals surface area contributed by atoms with Crippen molar-refractivity contribution in [2.75, 3.05) is 0 Å². The summed E-state index contributed by atoms with van der Waals surface area (Å²) in [4.78, 5) is 12.2. The van der Waals surface area contributed by atoms with Crippen molar-refractivity contribution < 1.29 is 9.90 Å². The van der Waals surface area contributed by atoms with Crippen LogP contribution < -0.4 is 0 Å². The third-order valence-corrected chi connectivity index (χ3v) is 3.27. The van der Waals surface area contributed by atoms with Gasteiger partial charge >= 0.3 is 0 Å². The quantitative estimate of drug-likeness (QED) is 0.792. The van der Waals surface area contributed by atoms with Crippen LogP contribution >= 0.6 is 0 Å². The molecule has 0 fully saturated rings. The number of allylic oxidation sites excluding steroid dienone is 2. The van der Waals surface area contributed by atoms with E-state index in [9.17, 15) is 9.90 Å². The van der Waals surface area contributed by atoms with Gasteiger partial charge in [-0.15, -0.1) is 0 Å². The Kier molecular flexibility index (Phi) is 3.43. The van der Waals surface area contributed by atoms with Crippen LogP contribution in [0.4, 0.5) is 0 Å². The highest BCUT2D eigenvalue weighted by atomic mass is 16.3. The average molecular weight is 230 g/mol. The maximum atomic E-state index is 12.2. The molecule has 2 nitrogen and oxygen atoms in total. The van der Waals surface area contributed by atoms with Crippen molar-refractivity contribution in [3.8, 4) is 0 Å². The second kappa shape index (κ2) is 4.84. The van der Waals surface area contributed by atoms with Crippen molar-refractivity contribution in [1.82, 2.24) is 0 Å². The molecule has 1 aliphatic rings. The van der Waals surface area contributed by atoms with E-state index in [1.54, 1.807) is 0 Å². The van der Waals surface area contributed by atoms with Crippen molar-refractivity contribution in [2.45, 2.75) is 32.8 Å². The van der Waals surface area contributed by atoms with Crippen LogP contribution in [0.1, 0.15) is 48.7 Å². The summed E-state index contributed by atoms with van der Waals surface area (Å²) in [5.41, 5.74) is 2.69. The van der Waals surface area contributed by atoms with Gasteiger partial charge in [0.15, 0.2) is 5.78 Å². The highest BCUT2D eigenvalue weighted by molar-refractivity contribution is 6.00. The minimum Gasteiger partial charge on any atom is -0.388 e. The van der Waals surface area contributed by atoms with Gasteiger partial charge in [0.05, 0.1) is 6.10 Å². The van der Waals surface area contributed by atoms with Gasteiger partial charge in [-0.3, -0.25) is 4.79 Å². The van der Waals surface area contributed by atoms with Gasteiger partial charge in [0.2, 0.25) is 0 Å². The summed E-state index contributed by atoms with van der Waals surface area (Å²) in [5.74, 6) is 0.0956. The van der Waals surface area contributed by atoms with Crippen molar-refractivity contribution in [2.24, 2.45) is 5.92 Å². The first-order valence-electron chi connectivity index (χ1n) is 6.04. The summed E-state index contributed by atoms with van der Waals surface area (Å²) in [6.07, 6.45) is 2.84. The molecule has 0 amide bonds. The number of aliphatic hydroxyl groups excluding tert-OH is 1. The molecule has 2 atom stereocenters. The molecule has 90 valence electrons. The van der Waals surface area contributed by atoms with Crippen LogP contribution in [0.25, 0.3) is 0 Å². The lowest BCUT2D eigenvalue weighted by atomic mass is 9.79. The van der Waals surface area contributed by atoms with E-state index in [2.05, 4.69) is 6.08 Å². The Hall–Kier alpha value is -1.41. The molecule has 1 N–H and O–H groups in total. The largest absolute Gasteiger partial charge is 0.388 e. The standard InChI is InChI=1S/C15H18O2/c1-10(2)7-8-11-9-14(16)12-5-3-4-6-13(12)15(11)17/h3-7,11,14,16H,8-9H2,1-2H3/t11?,14-/m0/s1. The maximum Gasteiger partial charge on any atom is 0.166 e. The first-order valence-corrected chi connectivity index (χ1v) is 6.04. The van der Waals surface area contributed by atoms with Crippen molar-refractivity contribution >= 4 is 5.78 Å². The lowest BCUT2D eigenvalue weighted by Crippen LogP contribution is -2.25. The molecule has 1 aliphatic carbocycles. The number of benzene rings is 1. The Morgan fingerprint density at radius 2 is 2.12 bits per heavy atom. The third-order valence-electron chi connectivity index (χ3n) is 3.27. The molecule has 1 aromatic carbocycles. The number of ketones is 1. The maximum absolute atomic E-state index is 12.2. The van der Waals surface area contributed by atoms with Gasteiger partial charge in [0, 0.05) is 11.5 Å². The molecule has 0 aromatic heterocycles. The van der Waals surface area contributed by atoms with Crippen molar-refractivity contribution in [3.05, 3.63) is 47.0 Å². The molecule has 0 bridgehead atoms. The molecular formula is C15H18O2. The van der Waals surface area contributed by atoms with E-state index in [-0.39, 0.29) is 11.7 Å². The van der Waals surface area contributed by atoms with Gasteiger partial charge in [-0.1, -0.05) is 35.9 Å². The second-order valence-corrected chi connectivity index (χ2v) is 4.92. The summed E-state index contributed by atoms with van der Waals surface area (Å²) in [6.45, 7) is 4.05. The molecule has 0 saturated carbocycles. The molecule has 0 radical (unpaired) electrons. The number of Topliss-reactive ketones (excluding diaryl/α,β-unsaturated/α-hetero) is 1. The Morgan fingerprint density at radius 1 is 1.41 bits per heavy atom. The Labute approximate surface area is 102 Å². The first kappa shape index (κ1) is 12.1. The molecule has 1 aromatic rings. The second-order valence-electron chi connectivity index (χ2n) is 4.92. The average Bonchev–Trinajstić information content (AvgIpc) is 2.32. The molecule has 0 heterocycles. The van der Waals surface area contributed by atoms with Crippen LogP contribution in [0.5, 0.6) is 0 Å². The summed E-state index contributed by atoms with van der Waals surface area (Å²) in [5, 5.41) is 10.0. The van der Waals surface area contributed by atoms with E-state index < -0.39 is 6.10 Å². The number of carbonyl (C=O) groups is 1. The van der Waals surface area contributed by atoms with Gasteiger partial charge in [-0.05, 0) is 32.3 Å². The van der Waals surface area contributed by atoms with Crippen LogP contribution in [-0.2, 0) is 0 Å². The van der Waals surface area contributed by atoms with E-state index >= 15 is 0 Å². The summed E-state index contributed by atoms with van der Waals surface area (Å²) < 4.78 is 0. The zero-order valence-corrected chi connectivity index (χ0v) is 10.3. The van der Waals surface area contributed by atoms with Crippen LogP contribution in [-0.4, -0.2) is 10.9 Å². The zero-order valence-electron chi connectivity index (χ0n) is 10.3. The summed E-state index contributed by atoms with van der Waals surface area (Å²) >= 11 is 0. The number of hydrogen-bond acceptors (Lipinski definition) is 2. The molecule has 1 unspecified atom stereocenters. The Bertz CT molecular complexity index is 456. The summed E-state index contributed by atoms with van der Waals surface area (Å²) in [7, 11) is 0. The molecule has 2 rings (SSSR count). The van der Waals surface area contributed by atoms with Crippen LogP contribution in [0.2, 0.25) is 0 Å². The third kappa shape index (κ3) is 2.47. The van der Waals surface area contributed by atoms with Crippen LogP contribution in [0, 0.1) is 5.92 Å². The highest BCUT2D eigenvalue weighted by Gasteiger charge is 2.31. The first-order chi connectivity index (χ1) is 8.09. The SMILES string of the molecule is CC(C)=CCC1C[C@H](O)c2ccccc2C1=O. The van der Waals surface area contributed by atoms with E-state index in [0.717, 1.165) is 12.0 Å². The summed E-state index contributed by atoms with van der Waals surface area (Å²) in [6, 6.07) is 7.38. The predicted octanol–water partition coefficient (Wildman–Crippen LogP) is 3.28. The fourth-order valence-corrected chi connectivity index (χ4v) is 2.32. The van der Waals surface area contributed by atoms with Gasteiger partial charge in [-0.25, -0.2) is 0 Å². The van der Waals surface area contributed by atoms with Gasteiger partial charge in [0.25, 0.3) is 0 Å². The van der Waals surface area contributed by atoms with Crippen molar-refractivity contribution in [3.63, 3.8) is 0 Å². The van der Waals surface area contributed by atoms with Crippen LogP contribution in [0.3, 0.4) is 0 Å². The highest BCUT2D eigenvalue weighted by Crippen LogP contribution is 2.34. The molecule has 2 heteroatoms. The van der Waals surface area contributed by atoms with Gasteiger partial charge in [-0.2, -0.15) is 0 Å². The number of carbonyl (C=O) groups excluding carboxylic acids is 1.